The molecule has 1 N–H and O–H groups in total. The molecular formula is C13H18N2S. The summed E-state index contributed by atoms with van der Waals surface area (Å²) in [5.74, 6) is 1.16. The zero-order valence-electron chi connectivity index (χ0n) is 10.1. The number of aliphatic imine (C=N–C) groups is 1. The van der Waals surface area contributed by atoms with Crippen molar-refractivity contribution in [2.75, 3.05) is 11.1 Å². The number of rotatable bonds is 1. The number of hydrogen-bond acceptors (Lipinski definition) is 3. The fourth-order valence-corrected chi connectivity index (χ4v) is 2.85. The number of hydrogen-bond donors (Lipinski definition) is 1. The van der Waals surface area contributed by atoms with Crippen LogP contribution >= 0.6 is 11.8 Å². The largest absolute Gasteiger partial charge is 0.335 e. The van der Waals surface area contributed by atoms with Crippen molar-refractivity contribution in [2.45, 2.75) is 33.2 Å². The highest BCUT2D eigenvalue weighted by Crippen LogP contribution is 2.22. The van der Waals surface area contributed by atoms with Gasteiger partial charge in [-0.25, -0.2) is 0 Å². The molecule has 0 spiro atoms. The lowest BCUT2D eigenvalue weighted by Crippen LogP contribution is -2.18. The lowest BCUT2D eigenvalue weighted by molar-refractivity contribution is 0.720. The molecule has 1 aromatic carbocycles. The zero-order chi connectivity index (χ0) is 11.5. The minimum atomic E-state index is 0.453. The Morgan fingerprint density at radius 2 is 2.19 bits per heavy atom. The SMILES string of the molecule is Cc1ccc(NC2=NC(C)CCS2)c(C)c1. The van der Waals surface area contributed by atoms with E-state index in [0.717, 1.165) is 10.9 Å². The van der Waals surface area contributed by atoms with Crippen LogP contribution in [0, 0.1) is 13.8 Å². The van der Waals surface area contributed by atoms with E-state index in [2.05, 4.69) is 49.3 Å². The number of aryl methyl sites for hydroxylation is 2. The van der Waals surface area contributed by atoms with E-state index in [4.69, 9.17) is 0 Å². The predicted octanol–water partition coefficient (Wildman–Crippen LogP) is 3.60. The van der Waals surface area contributed by atoms with Gasteiger partial charge in [0.1, 0.15) is 0 Å². The smallest absolute Gasteiger partial charge is 0.161 e. The Labute approximate surface area is 102 Å². The predicted molar refractivity (Wildman–Crippen MR) is 73.5 cm³/mol. The molecule has 1 aliphatic rings. The van der Waals surface area contributed by atoms with E-state index in [1.54, 1.807) is 0 Å². The van der Waals surface area contributed by atoms with Gasteiger partial charge in [0.2, 0.25) is 0 Å². The maximum atomic E-state index is 4.61. The van der Waals surface area contributed by atoms with E-state index in [1.165, 1.54) is 23.2 Å². The van der Waals surface area contributed by atoms with Gasteiger partial charge in [0.15, 0.2) is 5.17 Å². The number of nitrogens with one attached hydrogen (secondary N) is 1. The molecule has 0 amide bonds. The van der Waals surface area contributed by atoms with Crippen LogP contribution < -0.4 is 5.32 Å². The number of anilines is 1. The summed E-state index contributed by atoms with van der Waals surface area (Å²) in [6.45, 7) is 6.42. The maximum Gasteiger partial charge on any atom is 0.161 e. The Hall–Kier alpha value is -0.960. The highest BCUT2D eigenvalue weighted by molar-refractivity contribution is 8.14. The molecule has 1 atom stereocenters. The minimum Gasteiger partial charge on any atom is -0.335 e. The van der Waals surface area contributed by atoms with Crippen LogP contribution in [0.1, 0.15) is 24.5 Å². The molecule has 1 heterocycles. The summed E-state index contributed by atoms with van der Waals surface area (Å²) < 4.78 is 0. The molecule has 0 saturated heterocycles. The topological polar surface area (TPSA) is 24.4 Å². The quantitative estimate of drug-likeness (QED) is 0.803. The van der Waals surface area contributed by atoms with Crippen LogP contribution in [-0.2, 0) is 0 Å². The van der Waals surface area contributed by atoms with Gasteiger partial charge in [-0.15, -0.1) is 0 Å². The van der Waals surface area contributed by atoms with Crippen LogP contribution in [0.25, 0.3) is 0 Å². The fourth-order valence-electron chi connectivity index (χ4n) is 1.77. The van der Waals surface area contributed by atoms with Crippen molar-refractivity contribution in [1.29, 1.82) is 0 Å². The molecule has 2 rings (SSSR count). The molecule has 1 unspecified atom stereocenters. The van der Waals surface area contributed by atoms with E-state index >= 15 is 0 Å². The molecule has 0 aromatic heterocycles. The second-order valence-corrected chi connectivity index (χ2v) is 5.45. The van der Waals surface area contributed by atoms with Gasteiger partial charge in [-0.3, -0.25) is 4.99 Å². The van der Waals surface area contributed by atoms with Crippen LogP contribution in [-0.4, -0.2) is 17.0 Å². The second kappa shape index (κ2) is 4.91. The standard InChI is InChI=1S/C13H18N2S/c1-9-4-5-12(10(2)8-9)15-13-14-11(3)6-7-16-13/h4-5,8,11H,6-7H2,1-3H3,(H,14,15). The van der Waals surface area contributed by atoms with Gasteiger partial charge < -0.3 is 5.32 Å². The molecule has 0 aliphatic carbocycles. The van der Waals surface area contributed by atoms with Crippen molar-refractivity contribution >= 4 is 22.6 Å². The van der Waals surface area contributed by atoms with Crippen LogP contribution in [0.4, 0.5) is 5.69 Å². The van der Waals surface area contributed by atoms with Gasteiger partial charge in [-0.05, 0) is 38.8 Å². The van der Waals surface area contributed by atoms with Gasteiger partial charge in [-0.1, -0.05) is 29.5 Å². The third-order valence-corrected chi connectivity index (χ3v) is 3.66. The summed E-state index contributed by atoms with van der Waals surface area (Å²) in [4.78, 5) is 4.61. The molecule has 0 fully saturated rings. The molecule has 0 radical (unpaired) electrons. The van der Waals surface area contributed by atoms with E-state index < -0.39 is 0 Å². The lowest BCUT2D eigenvalue weighted by Gasteiger charge is -2.18. The molecule has 3 heteroatoms. The van der Waals surface area contributed by atoms with Crippen molar-refractivity contribution in [1.82, 2.24) is 0 Å². The van der Waals surface area contributed by atoms with Crippen molar-refractivity contribution in [3.05, 3.63) is 29.3 Å². The highest BCUT2D eigenvalue weighted by Gasteiger charge is 2.12. The fraction of sp³-hybridized carbons (Fsp3) is 0.462. The molecular weight excluding hydrogens is 216 g/mol. The normalized spacial score (nSPS) is 20.4. The molecule has 1 aromatic rings. The van der Waals surface area contributed by atoms with Crippen molar-refractivity contribution in [3.8, 4) is 0 Å². The van der Waals surface area contributed by atoms with Gasteiger partial charge in [0.05, 0.1) is 6.04 Å². The Balaban J connectivity index is 2.14. The van der Waals surface area contributed by atoms with Gasteiger partial charge in [0.25, 0.3) is 0 Å². The van der Waals surface area contributed by atoms with Gasteiger partial charge in [0, 0.05) is 11.4 Å². The first-order valence-corrected chi connectivity index (χ1v) is 6.68. The summed E-state index contributed by atoms with van der Waals surface area (Å²) >= 11 is 1.81. The van der Waals surface area contributed by atoms with E-state index in [-0.39, 0.29) is 0 Å². The van der Waals surface area contributed by atoms with Crippen molar-refractivity contribution in [2.24, 2.45) is 4.99 Å². The Morgan fingerprint density at radius 3 is 2.88 bits per heavy atom. The monoisotopic (exact) mass is 234 g/mol. The Morgan fingerprint density at radius 1 is 1.38 bits per heavy atom. The van der Waals surface area contributed by atoms with E-state index in [0.29, 0.717) is 6.04 Å². The highest BCUT2D eigenvalue weighted by atomic mass is 32.2. The number of benzene rings is 1. The first-order chi connectivity index (χ1) is 7.65. The Bertz CT molecular complexity index is 412. The summed E-state index contributed by atoms with van der Waals surface area (Å²) in [6, 6.07) is 6.91. The zero-order valence-corrected chi connectivity index (χ0v) is 10.9. The molecule has 0 bridgehead atoms. The summed E-state index contributed by atoms with van der Waals surface area (Å²) in [5.41, 5.74) is 3.75. The summed E-state index contributed by atoms with van der Waals surface area (Å²) in [5, 5.41) is 4.48. The van der Waals surface area contributed by atoms with Crippen LogP contribution in [0.2, 0.25) is 0 Å². The van der Waals surface area contributed by atoms with E-state index in [9.17, 15) is 0 Å². The summed E-state index contributed by atoms with van der Waals surface area (Å²) in [6.07, 6.45) is 1.18. The molecule has 2 nitrogen and oxygen atoms in total. The Kier molecular flexibility index (Phi) is 3.54. The number of thioether (sulfide) groups is 1. The lowest BCUT2D eigenvalue weighted by atomic mass is 10.1. The van der Waals surface area contributed by atoms with Gasteiger partial charge in [-0.2, -0.15) is 0 Å². The average molecular weight is 234 g/mol. The van der Waals surface area contributed by atoms with Crippen LogP contribution in [0.5, 0.6) is 0 Å². The third kappa shape index (κ3) is 2.79. The number of amidine groups is 1. The molecule has 86 valence electrons. The molecule has 1 aliphatic heterocycles. The number of nitrogens with zero attached hydrogens (tertiary/aromatic N) is 1. The maximum absolute atomic E-state index is 4.61. The molecule has 0 saturated carbocycles. The third-order valence-electron chi connectivity index (χ3n) is 2.74. The van der Waals surface area contributed by atoms with Crippen molar-refractivity contribution < 1.29 is 0 Å². The summed E-state index contributed by atoms with van der Waals surface area (Å²) in [7, 11) is 0. The average Bonchev–Trinajstić information content (AvgIpc) is 2.22. The van der Waals surface area contributed by atoms with Crippen LogP contribution in [0.15, 0.2) is 23.2 Å². The van der Waals surface area contributed by atoms with Gasteiger partial charge >= 0.3 is 0 Å². The minimum absolute atomic E-state index is 0.453. The molecule has 16 heavy (non-hydrogen) atoms. The first kappa shape index (κ1) is 11.5. The van der Waals surface area contributed by atoms with Crippen molar-refractivity contribution in [3.63, 3.8) is 0 Å². The second-order valence-electron chi connectivity index (χ2n) is 4.36. The van der Waals surface area contributed by atoms with Crippen LogP contribution in [0.3, 0.4) is 0 Å². The van der Waals surface area contributed by atoms with E-state index in [1.807, 2.05) is 11.8 Å². The first-order valence-electron chi connectivity index (χ1n) is 5.70.